The minimum atomic E-state index is -0.563. The molecule has 2 N–H and O–H groups in total. The van der Waals surface area contributed by atoms with E-state index in [0.29, 0.717) is 44.8 Å². The fourth-order valence-electron chi connectivity index (χ4n) is 8.48. The molecule has 1 aromatic heterocycles. The second kappa shape index (κ2) is 18.3. The number of benzene rings is 2. The molecule has 12 heteroatoms. The lowest BCUT2D eigenvalue weighted by Crippen LogP contribution is -2.54. The first-order valence-electron chi connectivity index (χ1n) is 20.2. The highest BCUT2D eigenvalue weighted by Crippen LogP contribution is 2.33. The van der Waals surface area contributed by atoms with E-state index in [-0.39, 0.29) is 49.5 Å². The van der Waals surface area contributed by atoms with Gasteiger partial charge in [0.15, 0.2) is 0 Å². The number of aromatic nitrogens is 2. The summed E-state index contributed by atoms with van der Waals surface area (Å²) in [4.78, 5) is 58.2. The van der Waals surface area contributed by atoms with Crippen LogP contribution in [-0.4, -0.2) is 87.9 Å². The Morgan fingerprint density at radius 3 is 2.19 bits per heavy atom. The maximum absolute atomic E-state index is 14.4. The van der Waals surface area contributed by atoms with Crippen LogP contribution in [0.5, 0.6) is 0 Å². The third kappa shape index (κ3) is 10.5. The second-order valence-electron chi connectivity index (χ2n) is 16.5. The summed E-state index contributed by atoms with van der Waals surface area (Å²) in [7, 11) is 0. The van der Waals surface area contributed by atoms with Crippen LogP contribution in [0, 0.1) is 11.8 Å². The van der Waals surface area contributed by atoms with Gasteiger partial charge in [-0.3, -0.25) is 13.9 Å². The van der Waals surface area contributed by atoms with Gasteiger partial charge in [0.05, 0.1) is 23.0 Å². The van der Waals surface area contributed by atoms with Gasteiger partial charge >= 0.3 is 17.9 Å². The monoisotopic (exact) mass is 744 g/mol. The van der Waals surface area contributed by atoms with Gasteiger partial charge in [-0.25, -0.2) is 14.4 Å². The Balaban J connectivity index is 1.17. The van der Waals surface area contributed by atoms with Crippen LogP contribution in [-0.2, 0) is 27.4 Å². The van der Waals surface area contributed by atoms with E-state index in [1.807, 2.05) is 79.9 Å². The fraction of sp³-hybridized carbons (Fsp3) is 0.619. The zero-order valence-electron chi connectivity index (χ0n) is 32.5. The van der Waals surface area contributed by atoms with E-state index >= 15 is 0 Å². The molecule has 54 heavy (non-hydrogen) atoms. The Morgan fingerprint density at radius 2 is 1.48 bits per heavy atom. The van der Waals surface area contributed by atoms with Crippen molar-refractivity contribution in [3.63, 3.8) is 0 Å². The SMILES string of the molecule is CC(C)(C)OC(=O)N1CCC(NC(=O)[C@H]2CN(CC3CCCCCCC3)CC[C@@H]2n2c(=O)n(CCNC(=O)OCc3ccccc3)c3ccccc32)CC1. The lowest BCUT2D eigenvalue weighted by Gasteiger charge is -2.41. The molecule has 0 spiro atoms. The molecule has 12 nitrogen and oxygen atoms in total. The van der Waals surface area contributed by atoms with Crippen LogP contribution in [0.4, 0.5) is 9.59 Å². The zero-order valence-corrected chi connectivity index (χ0v) is 32.5. The molecule has 3 aromatic rings. The van der Waals surface area contributed by atoms with Crippen LogP contribution < -0.4 is 16.3 Å². The molecule has 2 aromatic carbocycles. The molecular weight excluding hydrogens is 684 g/mol. The number of nitrogens with one attached hydrogen (secondary N) is 2. The summed E-state index contributed by atoms with van der Waals surface area (Å²) >= 11 is 0. The third-order valence-electron chi connectivity index (χ3n) is 11.2. The average Bonchev–Trinajstić information content (AvgIpc) is 3.42. The average molecular weight is 745 g/mol. The number of hydrogen-bond acceptors (Lipinski definition) is 7. The number of likely N-dealkylation sites (tertiary alicyclic amines) is 2. The minimum Gasteiger partial charge on any atom is -0.445 e. The molecule has 6 rings (SSSR count). The number of rotatable bonds is 10. The molecule has 3 heterocycles. The van der Waals surface area contributed by atoms with Gasteiger partial charge in [-0.15, -0.1) is 0 Å². The lowest BCUT2D eigenvalue weighted by molar-refractivity contribution is -0.129. The number of nitrogens with zero attached hydrogens (tertiary/aromatic N) is 4. The zero-order chi connectivity index (χ0) is 38.1. The number of carbonyl (C=O) groups is 3. The third-order valence-corrected chi connectivity index (χ3v) is 11.2. The normalized spacial score (nSPS) is 20.9. The Morgan fingerprint density at radius 1 is 0.815 bits per heavy atom. The number of para-hydroxylation sites is 2. The molecule has 1 saturated carbocycles. The standard InChI is InChI=1S/C42H60N6O6/c1-42(2,3)54-41(52)46-25-20-33(21-26-46)44-38(49)34-29-45(28-31-14-8-5-4-6-9-15-31)24-22-35(34)48-37-19-13-12-18-36(37)47(40(48)51)27-23-43-39(50)53-30-32-16-10-7-11-17-32/h7,10-13,16-19,31,33-35H,4-6,8-9,14-15,20-30H2,1-3H3,(H,43,50)(H,44,49)/t34-,35-/m0/s1. The Labute approximate surface area is 319 Å². The molecule has 2 saturated heterocycles. The number of alkyl carbamates (subject to hydrolysis) is 1. The molecule has 0 radical (unpaired) electrons. The number of fused-ring (bicyclic) bond motifs is 1. The molecule has 0 unspecified atom stereocenters. The number of hydrogen-bond donors (Lipinski definition) is 2. The topological polar surface area (TPSA) is 127 Å². The highest BCUT2D eigenvalue weighted by molar-refractivity contribution is 5.81. The quantitative estimate of drug-likeness (QED) is 0.244. The van der Waals surface area contributed by atoms with Crippen LogP contribution in [0.15, 0.2) is 59.4 Å². The van der Waals surface area contributed by atoms with Crippen molar-refractivity contribution < 1.29 is 23.9 Å². The molecule has 1 aliphatic carbocycles. The largest absolute Gasteiger partial charge is 0.445 e. The molecular formula is C42H60N6O6. The van der Waals surface area contributed by atoms with Gasteiger partial charge in [0.25, 0.3) is 0 Å². The smallest absolute Gasteiger partial charge is 0.410 e. The minimum absolute atomic E-state index is 0.0374. The maximum atomic E-state index is 14.4. The van der Waals surface area contributed by atoms with Crippen molar-refractivity contribution in [3.05, 3.63) is 70.6 Å². The van der Waals surface area contributed by atoms with Crippen LogP contribution in [0.1, 0.15) is 96.6 Å². The molecule has 0 bridgehead atoms. The van der Waals surface area contributed by atoms with Crippen molar-refractivity contribution in [1.29, 1.82) is 0 Å². The van der Waals surface area contributed by atoms with Gasteiger partial charge in [0.1, 0.15) is 12.2 Å². The van der Waals surface area contributed by atoms with E-state index in [9.17, 15) is 19.2 Å². The summed E-state index contributed by atoms with van der Waals surface area (Å²) in [5.41, 5.74) is 1.71. The Bertz CT molecular complexity index is 1750. The molecule has 2 aliphatic heterocycles. The van der Waals surface area contributed by atoms with Crippen LogP contribution in [0.3, 0.4) is 0 Å². The Hall–Kier alpha value is -4.32. The van der Waals surface area contributed by atoms with Crippen LogP contribution in [0.25, 0.3) is 11.0 Å². The van der Waals surface area contributed by atoms with E-state index in [1.54, 1.807) is 9.47 Å². The lowest BCUT2D eigenvalue weighted by atomic mass is 9.87. The fourth-order valence-corrected chi connectivity index (χ4v) is 8.48. The first-order valence-corrected chi connectivity index (χ1v) is 20.2. The van der Waals surface area contributed by atoms with Crippen molar-refractivity contribution in [2.24, 2.45) is 11.8 Å². The second-order valence-corrected chi connectivity index (χ2v) is 16.5. The molecule has 3 amide bonds. The molecule has 294 valence electrons. The first kappa shape index (κ1) is 39.4. The van der Waals surface area contributed by atoms with Crippen molar-refractivity contribution in [2.75, 3.05) is 39.3 Å². The number of ether oxygens (including phenoxy) is 2. The summed E-state index contributed by atoms with van der Waals surface area (Å²) in [6, 6.07) is 16.8. The van der Waals surface area contributed by atoms with Gasteiger partial charge in [0, 0.05) is 51.9 Å². The van der Waals surface area contributed by atoms with Crippen molar-refractivity contribution in [3.8, 4) is 0 Å². The maximum Gasteiger partial charge on any atom is 0.410 e. The summed E-state index contributed by atoms with van der Waals surface area (Å²) < 4.78 is 14.5. The van der Waals surface area contributed by atoms with Gasteiger partial charge in [-0.05, 0) is 76.5 Å². The highest BCUT2D eigenvalue weighted by atomic mass is 16.6. The molecule has 3 fully saturated rings. The summed E-state index contributed by atoms with van der Waals surface area (Å²) in [5.74, 6) is 0.156. The van der Waals surface area contributed by atoms with Crippen molar-refractivity contribution >= 4 is 29.1 Å². The van der Waals surface area contributed by atoms with Gasteiger partial charge in [-0.1, -0.05) is 74.6 Å². The Kier molecular flexibility index (Phi) is 13.4. The van der Waals surface area contributed by atoms with E-state index in [1.165, 1.54) is 44.9 Å². The highest BCUT2D eigenvalue weighted by Gasteiger charge is 2.39. The van der Waals surface area contributed by atoms with Crippen molar-refractivity contribution in [1.82, 2.24) is 29.6 Å². The van der Waals surface area contributed by atoms with E-state index in [2.05, 4.69) is 15.5 Å². The summed E-state index contributed by atoms with van der Waals surface area (Å²) in [6.07, 6.45) is 10.0. The number of amides is 3. The predicted molar refractivity (Wildman–Crippen MR) is 209 cm³/mol. The summed E-state index contributed by atoms with van der Waals surface area (Å²) in [5, 5.41) is 6.15. The van der Waals surface area contributed by atoms with Crippen molar-refractivity contribution in [2.45, 2.75) is 116 Å². The number of carbonyl (C=O) groups excluding carboxylic acids is 3. The van der Waals surface area contributed by atoms with Gasteiger partial charge in [0.2, 0.25) is 5.91 Å². The predicted octanol–water partition coefficient (Wildman–Crippen LogP) is 6.47. The molecule has 3 aliphatic rings. The van der Waals surface area contributed by atoms with Gasteiger partial charge in [-0.2, -0.15) is 0 Å². The van der Waals surface area contributed by atoms with E-state index in [4.69, 9.17) is 9.47 Å². The van der Waals surface area contributed by atoms with Gasteiger partial charge < -0.3 is 29.9 Å². The van der Waals surface area contributed by atoms with Crippen LogP contribution >= 0.6 is 0 Å². The number of piperidine rings is 2. The molecule has 2 atom stereocenters. The first-order chi connectivity index (χ1) is 26.1. The van der Waals surface area contributed by atoms with Crippen LogP contribution in [0.2, 0.25) is 0 Å². The van der Waals surface area contributed by atoms with E-state index < -0.39 is 17.6 Å². The number of imidazole rings is 1. The summed E-state index contributed by atoms with van der Waals surface area (Å²) in [6.45, 7) is 9.66. The van der Waals surface area contributed by atoms with E-state index in [0.717, 1.165) is 29.7 Å².